The second-order valence-electron chi connectivity index (χ2n) is 7.69. The normalized spacial score (nSPS) is 11.7. The van der Waals surface area contributed by atoms with Gasteiger partial charge in [-0.3, -0.25) is 9.59 Å². The summed E-state index contributed by atoms with van der Waals surface area (Å²) >= 11 is 5.99. The van der Waals surface area contributed by atoms with Crippen molar-refractivity contribution in [1.82, 2.24) is 15.1 Å². The summed E-state index contributed by atoms with van der Waals surface area (Å²) in [6, 6.07) is 22.3. The number of amides is 1. The summed E-state index contributed by atoms with van der Waals surface area (Å²) < 4.78 is 14.9. The number of rotatable bonds is 7. The minimum absolute atomic E-state index is 0.179. The number of aliphatic hydroxyl groups is 1. The number of aromatic nitrogens is 2. The highest BCUT2D eigenvalue weighted by molar-refractivity contribution is 6.30. The smallest absolute Gasteiger partial charge is 0.284 e. The van der Waals surface area contributed by atoms with Crippen LogP contribution in [0.4, 0.5) is 4.39 Å². The lowest BCUT2D eigenvalue weighted by Crippen LogP contribution is -2.42. The first kappa shape index (κ1) is 23.4. The fraction of sp³-hybridized carbons (Fsp3) is 0.115. The third-order valence-electron chi connectivity index (χ3n) is 5.23. The molecule has 0 aliphatic heterocycles. The second-order valence-corrected chi connectivity index (χ2v) is 8.13. The fourth-order valence-corrected chi connectivity index (χ4v) is 3.65. The van der Waals surface area contributed by atoms with Crippen molar-refractivity contribution in [3.05, 3.63) is 117 Å². The Balaban J connectivity index is 1.75. The highest BCUT2D eigenvalue weighted by atomic mass is 35.5. The number of benzene rings is 3. The van der Waals surface area contributed by atoms with Gasteiger partial charge in [-0.1, -0.05) is 60.1 Å². The van der Waals surface area contributed by atoms with E-state index in [1.54, 1.807) is 24.3 Å². The SMILES string of the molecule is O=C(N[C@@H](CO)Cc1ccccc1)c1cc(-c2ccc(Cl)cc2)nn(-c2cccc(F)c2)c1=O. The number of nitrogens with zero attached hydrogens (tertiary/aromatic N) is 2. The van der Waals surface area contributed by atoms with Gasteiger partial charge in [-0.2, -0.15) is 9.78 Å². The Labute approximate surface area is 200 Å². The molecule has 0 saturated carbocycles. The number of halogens is 2. The van der Waals surface area contributed by atoms with E-state index in [-0.39, 0.29) is 17.9 Å². The predicted molar refractivity (Wildman–Crippen MR) is 129 cm³/mol. The third kappa shape index (κ3) is 5.39. The van der Waals surface area contributed by atoms with E-state index >= 15 is 0 Å². The molecule has 0 unspecified atom stereocenters. The van der Waals surface area contributed by atoms with Crippen LogP contribution >= 0.6 is 11.6 Å². The lowest BCUT2D eigenvalue weighted by molar-refractivity contribution is 0.0914. The molecule has 1 atom stereocenters. The molecule has 8 heteroatoms. The average molecular weight is 478 g/mol. The van der Waals surface area contributed by atoms with Crippen LogP contribution in [0.25, 0.3) is 16.9 Å². The summed E-state index contributed by atoms with van der Waals surface area (Å²) in [5, 5.41) is 17.4. The highest BCUT2D eigenvalue weighted by Gasteiger charge is 2.20. The number of hydrogen-bond acceptors (Lipinski definition) is 4. The van der Waals surface area contributed by atoms with Gasteiger partial charge < -0.3 is 10.4 Å². The maximum Gasteiger partial charge on any atom is 0.284 e. The summed E-state index contributed by atoms with van der Waals surface area (Å²) in [5.74, 6) is -1.21. The predicted octanol–water partition coefficient (Wildman–Crippen LogP) is 4.03. The van der Waals surface area contributed by atoms with Crippen LogP contribution < -0.4 is 10.9 Å². The molecule has 3 aromatic carbocycles. The molecule has 6 nitrogen and oxygen atoms in total. The molecule has 0 fully saturated rings. The molecule has 34 heavy (non-hydrogen) atoms. The molecule has 1 heterocycles. The van der Waals surface area contributed by atoms with E-state index in [0.29, 0.717) is 22.7 Å². The maximum atomic E-state index is 13.9. The molecule has 4 aromatic rings. The fourth-order valence-electron chi connectivity index (χ4n) is 3.52. The monoisotopic (exact) mass is 477 g/mol. The van der Waals surface area contributed by atoms with Crippen LogP contribution in [0.15, 0.2) is 89.7 Å². The topological polar surface area (TPSA) is 84.2 Å². The summed E-state index contributed by atoms with van der Waals surface area (Å²) in [7, 11) is 0. The maximum absolute atomic E-state index is 13.9. The number of hydrogen-bond donors (Lipinski definition) is 2. The molecule has 4 rings (SSSR count). The molecule has 0 aliphatic rings. The molecule has 0 bridgehead atoms. The van der Waals surface area contributed by atoms with Crippen LogP contribution in [0, 0.1) is 5.82 Å². The molecular formula is C26H21ClFN3O3. The lowest BCUT2D eigenvalue weighted by Gasteiger charge is -2.17. The lowest BCUT2D eigenvalue weighted by atomic mass is 10.1. The van der Waals surface area contributed by atoms with Crippen LogP contribution in [-0.2, 0) is 6.42 Å². The first-order chi connectivity index (χ1) is 16.4. The van der Waals surface area contributed by atoms with E-state index in [1.165, 1.54) is 24.3 Å². The average Bonchev–Trinajstić information content (AvgIpc) is 2.85. The van der Waals surface area contributed by atoms with Gasteiger partial charge in [0.15, 0.2) is 0 Å². The van der Waals surface area contributed by atoms with Crippen molar-refractivity contribution in [3.8, 4) is 16.9 Å². The van der Waals surface area contributed by atoms with Crippen LogP contribution in [0.1, 0.15) is 15.9 Å². The Morgan fingerprint density at radius 2 is 1.76 bits per heavy atom. The van der Waals surface area contributed by atoms with Crippen molar-refractivity contribution in [2.45, 2.75) is 12.5 Å². The van der Waals surface area contributed by atoms with Crippen LogP contribution in [0.5, 0.6) is 0 Å². The van der Waals surface area contributed by atoms with Gasteiger partial charge in [0.25, 0.3) is 11.5 Å². The summed E-state index contributed by atoms with van der Waals surface area (Å²) in [5.41, 5.74) is 1.15. The quantitative estimate of drug-likeness (QED) is 0.421. The molecule has 0 saturated heterocycles. The molecule has 0 spiro atoms. The molecule has 1 aromatic heterocycles. The number of nitrogens with one attached hydrogen (secondary N) is 1. The van der Waals surface area contributed by atoms with Gasteiger partial charge in [-0.05, 0) is 48.4 Å². The zero-order valence-corrected chi connectivity index (χ0v) is 18.7. The Hall–Kier alpha value is -3.81. The van der Waals surface area contributed by atoms with E-state index < -0.39 is 23.3 Å². The summed E-state index contributed by atoms with van der Waals surface area (Å²) in [4.78, 5) is 26.4. The molecule has 172 valence electrons. The Morgan fingerprint density at radius 3 is 2.44 bits per heavy atom. The van der Waals surface area contributed by atoms with Gasteiger partial charge in [0.05, 0.1) is 24.0 Å². The van der Waals surface area contributed by atoms with E-state index in [9.17, 15) is 19.1 Å². The van der Waals surface area contributed by atoms with Crippen molar-refractivity contribution in [1.29, 1.82) is 0 Å². The van der Waals surface area contributed by atoms with E-state index in [4.69, 9.17) is 11.6 Å². The highest BCUT2D eigenvalue weighted by Crippen LogP contribution is 2.20. The van der Waals surface area contributed by atoms with Gasteiger partial charge >= 0.3 is 0 Å². The van der Waals surface area contributed by atoms with E-state index in [1.807, 2.05) is 30.3 Å². The molecule has 0 aliphatic carbocycles. The minimum atomic E-state index is -0.711. The van der Waals surface area contributed by atoms with Gasteiger partial charge in [0, 0.05) is 10.6 Å². The third-order valence-corrected chi connectivity index (χ3v) is 5.48. The van der Waals surface area contributed by atoms with E-state index in [0.717, 1.165) is 16.3 Å². The molecule has 1 amide bonds. The van der Waals surface area contributed by atoms with Crippen molar-refractivity contribution in [2.75, 3.05) is 6.61 Å². The zero-order chi connectivity index (χ0) is 24.1. The largest absolute Gasteiger partial charge is 0.394 e. The summed E-state index contributed by atoms with van der Waals surface area (Å²) in [6.45, 7) is -0.312. The summed E-state index contributed by atoms with van der Waals surface area (Å²) in [6.07, 6.45) is 0.385. The Bertz CT molecular complexity index is 1360. The molecule has 2 N–H and O–H groups in total. The number of aliphatic hydroxyl groups excluding tert-OH is 1. The van der Waals surface area contributed by atoms with Crippen LogP contribution in [0.2, 0.25) is 5.02 Å². The van der Waals surface area contributed by atoms with Gasteiger partial charge in [0.2, 0.25) is 0 Å². The number of carbonyl (C=O) groups is 1. The number of carbonyl (C=O) groups excluding carboxylic acids is 1. The zero-order valence-electron chi connectivity index (χ0n) is 18.0. The molecule has 0 radical (unpaired) electrons. The van der Waals surface area contributed by atoms with E-state index in [2.05, 4.69) is 10.4 Å². The standard InChI is InChI=1S/C26H21ClFN3O3/c27-19-11-9-18(10-12-19)24-15-23(26(34)31(30-24)22-8-4-7-20(28)14-22)25(33)29-21(16-32)13-17-5-2-1-3-6-17/h1-12,14-15,21,32H,13,16H2,(H,29,33)/t21-/m1/s1. The van der Waals surface area contributed by atoms with Crippen LogP contribution in [0.3, 0.4) is 0 Å². The van der Waals surface area contributed by atoms with Gasteiger partial charge in [0.1, 0.15) is 11.4 Å². The minimum Gasteiger partial charge on any atom is -0.394 e. The van der Waals surface area contributed by atoms with Gasteiger partial charge in [-0.25, -0.2) is 4.39 Å². The van der Waals surface area contributed by atoms with Crippen molar-refractivity contribution >= 4 is 17.5 Å². The Morgan fingerprint density at radius 1 is 1.03 bits per heavy atom. The molecular weight excluding hydrogens is 457 g/mol. The second kappa shape index (κ2) is 10.4. The van der Waals surface area contributed by atoms with Crippen molar-refractivity contribution in [3.63, 3.8) is 0 Å². The first-order valence-electron chi connectivity index (χ1n) is 10.6. The Kier molecular flexibility index (Phi) is 7.15. The van der Waals surface area contributed by atoms with Crippen LogP contribution in [-0.4, -0.2) is 33.4 Å². The van der Waals surface area contributed by atoms with Crippen molar-refractivity contribution in [2.24, 2.45) is 0 Å². The first-order valence-corrected chi connectivity index (χ1v) is 10.9. The van der Waals surface area contributed by atoms with Gasteiger partial charge in [-0.15, -0.1) is 0 Å². The van der Waals surface area contributed by atoms with Crippen molar-refractivity contribution < 1.29 is 14.3 Å².